The number of methoxy groups -OCH3 is 1. The van der Waals surface area contributed by atoms with E-state index in [1.165, 1.54) is 37.4 Å². The highest BCUT2D eigenvalue weighted by molar-refractivity contribution is 6.28. The van der Waals surface area contributed by atoms with E-state index >= 15 is 0 Å². The molecule has 0 bridgehead atoms. The number of benzene rings is 4. The lowest BCUT2D eigenvalue weighted by molar-refractivity contribution is 0.0599. The van der Waals surface area contributed by atoms with E-state index in [2.05, 4.69) is 52.1 Å². The summed E-state index contributed by atoms with van der Waals surface area (Å²) < 4.78 is 31.7. The third-order valence-corrected chi connectivity index (χ3v) is 11.8. The molecule has 0 fully saturated rings. The van der Waals surface area contributed by atoms with E-state index in [1.54, 1.807) is 75.5 Å². The van der Waals surface area contributed by atoms with Gasteiger partial charge in [-0.25, -0.2) is 43.7 Å². The second-order valence-electron chi connectivity index (χ2n) is 16.5. The number of carboxylic acid groups (broad SMARTS) is 1. The summed E-state index contributed by atoms with van der Waals surface area (Å²) in [4.78, 5) is 90.6. The maximum atomic E-state index is 13.5. The van der Waals surface area contributed by atoms with Gasteiger partial charge in [0, 0.05) is 32.3 Å². The molecule has 2 aliphatic carbocycles. The first-order valence-corrected chi connectivity index (χ1v) is 22.5. The van der Waals surface area contributed by atoms with E-state index < -0.39 is 35.6 Å². The van der Waals surface area contributed by atoms with Crippen LogP contribution in [0.2, 0.25) is 5.28 Å². The lowest BCUT2D eigenvalue weighted by atomic mass is 10.0. The highest BCUT2D eigenvalue weighted by Crippen LogP contribution is 2.33. The molecule has 0 aliphatic heterocycles. The van der Waals surface area contributed by atoms with Crippen molar-refractivity contribution in [2.75, 3.05) is 19.6 Å². The van der Waals surface area contributed by atoms with Gasteiger partial charge in [0.15, 0.2) is 0 Å². The number of nitrogens with zero attached hydrogens (tertiary/aromatic N) is 4. The van der Waals surface area contributed by atoms with Crippen LogP contribution in [0.5, 0.6) is 0 Å². The van der Waals surface area contributed by atoms with Crippen LogP contribution in [0.3, 0.4) is 0 Å². The molecule has 0 spiro atoms. The van der Waals surface area contributed by atoms with Crippen molar-refractivity contribution in [1.82, 2.24) is 46.6 Å². The Balaban J connectivity index is 0.000000209. The van der Waals surface area contributed by atoms with Gasteiger partial charge in [0.05, 0.1) is 30.3 Å². The zero-order chi connectivity index (χ0) is 50.9. The van der Waals surface area contributed by atoms with Crippen LogP contribution in [0.15, 0.2) is 84.9 Å². The summed E-state index contributed by atoms with van der Waals surface area (Å²) in [5.41, 5.74) is 11.8. The fraction of sp³-hybridized carbons (Fsp3) is 0.240. The molecule has 366 valence electrons. The topological polar surface area (TPSA) is 256 Å². The molecule has 71 heavy (non-hydrogen) atoms. The molecule has 21 heteroatoms. The number of carbonyl (C=O) groups excluding carboxylic acids is 5. The lowest BCUT2D eigenvalue weighted by Gasteiger charge is -2.15. The Bertz CT molecular complexity index is 3090. The molecule has 0 unspecified atom stereocenters. The number of hydrazine groups is 1. The molecule has 2 heterocycles. The Morgan fingerprint density at radius 1 is 0.634 bits per heavy atom. The van der Waals surface area contributed by atoms with Gasteiger partial charge in [-0.2, -0.15) is 0 Å². The molecule has 4 amide bonds. The van der Waals surface area contributed by atoms with Crippen molar-refractivity contribution < 1.29 is 47.4 Å². The average Bonchev–Trinajstić information content (AvgIpc) is 3.96. The van der Waals surface area contributed by atoms with Crippen LogP contribution in [0.25, 0.3) is 0 Å². The Labute approximate surface area is 410 Å². The number of rotatable bonds is 14. The first kappa shape index (κ1) is 50.6. The van der Waals surface area contributed by atoms with Crippen molar-refractivity contribution >= 4 is 53.1 Å². The maximum absolute atomic E-state index is 13.5. The number of amides is 4. The van der Waals surface area contributed by atoms with Crippen LogP contribution >= 0.6 is 11.6 Å². The largest absolute Gasteiger partial charge is 0.478 e. The van der Waals surface area contributed by atoms with Crippen LogP contribution in [-0.2, 0) is 30.7 Å². The lowest BCUT2D eigenvalue weighted by Crippen LogP contribution is -2.30. The SMILES string of the molecule is CNNc1nc(C(=O)NCc2ccc(F)c(C)c2)cc(C(=O)N[C@H]2CCc3cc(C(=O)O)ccc32)n1.COC(=O)c1ccc2c(c1)CC[C@@H]2NC(=O)c1cc(C(=O)NCc2ccc(F)c(C)c2)nc(Cl)n1. The first-order valence-electron chi connectivity index (χ1n) is 22.1. The third-order valence-electron chi connectivity index (χ3n) is 11.7. The number of esters is 1. The van der Waals surface area contributed by atoms with Crippen molar-refractivity contribution in [2.24, 2.45) is 0 Å². The minimum Gasteiger partial charge on any atom is -0.478 e. The summed E-state index contributed by atoms with van der Waals surface area (Å²) in [5.74, 6) is -4.13. The van der Waals surface area contributed by atoms with Crippen molar-refractivity contribution in [3.63, 3.8) is 0 Å². The molecule has 4 aromatic carbocycles. The highest BCUT2D eigenvalue weighted by atomic mass is 35.5. The van der Waals surface area contributed by atoms with E-state index in [0.717, 1.165) is 22.3 Å². The van der Waals surface area contributed by atoms with E-state index in [-0.39, 0.29) is 76.4 Å². The van der Waals surface area contributed by atoms with E-state index in [4.69, 9.17) is 16.3 Å². The molecule has 0 saturated heterocycles. The predicted octanol–water partition coefficient (Wildman–Crippen LogP) is 6.23. The highest BCUT2D eigenvalue weighted by Gasteiger charge is 2.28. The predicted molar refractivity (Wildman–Crippen MR) is 255 cm³/mol. The summed E-state index contributed by atoms with van der Waals surface area (Å²) >= 11 is 5.98. The number of carbonyl (C=O) groups is 6. The molecule has 2 aliphatic rings. The maximum Gasteiger partial charge on any atom is 0.337 e. The number of aromatic carboxylic acids is 1. The van der Waals surface area contributed by atoms with Crippen LogP contribution in [0.1, 0.15) is 132 Å². The normalized spacial score (nSPS) is 14.2. The molecular formula is C50H47ClF2N10O8. The van der Waals surface area contributed by atoms with Gasteiger partial charge >= 0.3 is 11.9 Å². The summed E-state index contributed by atoms with van der Waals surface area (Å²) in [6, 6.07) is 21.1. The minimum atomic E-state index is -1.00. The Hall–Kier alpha value is -8.23. The number of halogens is 3. The van der Waals surface area contributed by atoms with Crippen LogP contribution in [0.4, 0.5) is 14.7 Å². The van der Waals surface area contributed by atoms with Crippen molar-refractivity contribution in [1.29, 1.82) is 0 Å². The molecule has 18 nitrogen and oxygen atoms in total. The van der Waals surface area contributed by atoms with Gasteiger partial charge in [0.25, 0.3) is 23.6 Å². The molecule has 2 aromatic heterocycles. The second kappa shape index (κ2) is 22.5. The quantitative estimate of drug-likeness (QED) is 0.0363. The number of hydrogen-bond acceptors (Lipinski definition) is 13. The van der Waals surface area contributed by atoms with Crippen molar-refractivity contribution in [3.8, 4) is 0 Å². The van der Waals surface area contributed by atoms with Gasteiger partial charge in [-0.15, -0.1) is 0 Å². The number of aromatic nitrogens is 4. The van der Waals surface area contributed by atoms with Gasteiger partial charge < -0.3 is 31.1 Å². The Kier molecular flexibility index (Phi) is 16.0. The number of nitrogens with one attached hydrogen (secondary N) is 6. The van der Waals surface area contributed by atoms with Crippen LogP contribution < -0.4 is 32.1 Å². The fourth-order valence-corrected chi connectivity index (χ4v) is 8.24. The third kappa shape index (κ3) is 12.5. The van der Waals surface area contributed by atoms with E-state index in [9.17, 15) is 42.7 Å². The standard InChI is InChI=1S/C25H22ClFN4O4.C25H25FN6O4/c1-13-9-14(3-7-18(13)27)12-28-22(32)20-11-21(31-25(26)30-20)23(33)29-19-8-5-15-10-16(24(34)35-2)4-6-17(15)19;1-13-9-14(3-7-18(13)26)12-28-22(33)20-11-21(31-25(30-20)32-27-2)23(34)29-19-8-5-15-10-16(24(35)36)4-6-17(15)19/h3-4,6-7,9-11,19H,5,8,12H2,1-2H3,(H,28,32)(H,29,33);3-4,6-7,9-11,19,27H,5,8,12H2,1-2H3,(H,28,33)(H,29,34)(H,35,36)(H,30,31,32)/t2*19-/m00/s1. The smallest absolute Gasteiger partial charge is 0.337 e. The summed E-state index contributed by atoms with van der Waals surface area (Å²) in [5, 5.41) is 20.2. The first-order chi connectivity index (χ1) is 34.0. The number of fused-ring (bicyclic) bond motifs is 2. The molecule has 0 radical (unpaired) electrons. The number of hydrogen-bond donors (Lipinski definition) is 7. The van der Waals surface area contributed by atoms with Gasteiger partial charge in [0.1, 0.15) is 34.4 Å². The van der Waals surface area contributed by atoms with Crippen molar-refractivity contribution in [2.45, 2.75) is 64.7 Å². The number of anilines is 1. The van der Waals surface area contributed by atoms with Gasteiger partial charge in [0.2, 0.25) is 11.2 Å². The minimum absolute atomic E-state index is 0.0128. The second-order valence-corrected chi connectivity index (χ2v) is 16.9. The van der Waals surface area contributed by atoms with Gasteiger partial charge in [-0.1, -0.05) is 36.4 Å². The summed E-state index contributed by atoms with van der Waals surface area (Å²) in [6.07, 6.45) is 2.58. The molecule has 7 N–H and O–H groups in total. The zero-order valence-electron chi connectivity index (χ0n) is 38.7. The molecule has 2 atom stereocenters. The zero-order valence-corrected chi connectivity index (χ0v) is 39.5. The van der Waals surface area contributed by atoms with E-state index in [0.29, 0.717) is 53.5 Å². The Morgan fingerprint density at radius 3 is 1.55 bits per heavy atom. The monoisotopic (exact) mass is 988 g/mol. The number of aryl methyl sites for hydroxylation is 4. The van der Waals surface area contributed by atoms with Crippen molar-refractivity contribution in [3.05, 3.63) is 180 Å². The summed E-state index contributed by atoms with van der Waals surface area (Å²) in [6.45, 7) is 3.57. The molecule has 6 aromatic rings. The molecule has 0 saturated carbocycles. The fourth-order valence-electron chi connectivity index (χ4n) is 8.05. The van der Waals surface area contributed by atoms with Gasteiger partial charge in [-0.3, -0.25) is 24.6 Å². The molecular weight excluding hydrogens is 942 g/mol. The van der Waals surface area contributed by atoms with Crippen LogP contribution in [0, 0.1) is 25.5 Å². The number of ether oxygens (including phenoxy) is 1. The Morgan fingerprint density at radius 2 is 1.08 bits per heavy atom. The molecule has 8 rings (SSSR count). The average molecular weight is 989 g/mol. The van der Waals surface area contributed by atoms with Crippen LogP contribution in [-0.4, -0.2) is 74.8 Å². The number of carboxylic acids is 1. The van der Waals surface area contributed by atoms with Gasteiger partial charge in [-0.05, 0) is 132 Å². The summed E-state index contributed by atoms with van der Waals surface area (Å²) in [7, 11) is 2.91. The van der Waals surface area contributed by atoms with E-state index in [1.807, 2.05) is 0 Å².